The molecule has 1 saturated heterocycles. The van der Waals surface area contributed by atoms with Crippen LogP contribution in [0.25, 0.3) is 22.2 Å². The summed E-state index contributed by atoms with van der Waals surface area (Å²) in [6.07, 6.45) is 2.06. The standard InChI is InChI=1S/C29H26N4O4/c1-37-22-9-12-25-19(15-22)8-11-24(30-25)20-7-10-23-27(16-20)31-26(17-28(23)32-13-3-6-29(32)34)18-4-2-5-21(14-18)33(35)36/h2,4-5,7-12,14-16,26,28,31H,3,6,13,17H2,1H3/t26-,28-/m0/s1. The first-order chi connectivity index (χ1) is 18.0. The van der Waals surface area contributed by atoms with Gasteiger partial charge in [0.2, 0.25) is 5.91 Å². The number of ether oxygens (including phenoxy) is 1. The second-order valence-electron chi connectivity index (χ2n) is 9.55. The lowest BCUT2D eigenvalue weighted by Crippen LogP contribution is -2.35. The topological polar surface area (TPSA) is 97.6 Å². The molecule has 2 aliphatic heterocycles. The van der Waals surface area contributed by atoms with Crippen LogP contribution in [0.4, 0.5) is 11.4 Å². The number of non-ortho nitro benzene ring substituents is 1. The van der Waals surface area contributed by atoms with E-state index in [4.69, 9.17) is 9.72 Å². The average molecular weight is 495 g/mol. The highest BCUT2D eigenvalue weighted by atomic mass is 16.6. The second-order valence-corrected chi connectivity index (χ2v) is 9.55. The van der Waals surface area contributed by atoms with Gasteiger partial charge in [-0.1, -0.05) is 30.3 Å². The van der Waals surface area contributed by atoms with Gasteiger partial charge in [0.25, 0.3) is 5.69 Å². The number of fused-ring (bicyclic) bond motifs is 2. The second kappa shape index (κ2) is 9.20. The zero-order valence-electron chi connectivity index (χ0n) is 20.4. The number of methoxy groups -OCH3 is 1. The van der Waals surface area contributed by atoms with Gasteiger partial charge in [-0.2, -0.15) is 0 Å². The number of hydrogen-bond donors (Lipinski definition) is 1. The Morgan fingerprint density at radius 2 is 1.97 bits per heavy atom. The van der Waals surface area contributed by atoms with Crippen LogP contribution in [0.1, 0.15) is 42.5 Å². The smallest absolute Gasteiger partial charge is 0.269 e. The van der Waals surface area contributed by atoms with Gasteiger partial charge in [-0.25, -0.2) is 4.98 Å². The summed E-state index contributed by atoms with van der Waals surface area (Å²) in [6.45, 7) is 0.724. The molecule has 8 nitrogen and oxygen atoms in total. The summed E-state index contributed by atoms with van der Waals surface area (Å²) in [5.41, 5.74) is 5.54. The zero-order chi connectivity index (χ0) is 25.5. The van der Waals surface area contributed by atoms with E-state index in [-0.39, 0.29) is 28.6 Å². The van der Waals surface area contributed by atoms with Crippen molar-refractivity contribution < 1.29 is 14.5 Å². The van der Waals surface area contributed by atoms with Crippen molar-refractivity contribution in [2.75, 3.05) is 19.0 Å². The molecule has 6 rings (SSSR count). The summed E-state index contributed by atoms with van der Waals surface area (Å²) in [5.74, 6) is 0.945. The maximum absolute atomic E-state index is 12.7. The van der Waals surface area contributed by atoms with Crippen LogP contribution in [0.3, 0.4) is 0 Å². The Morgan fingerprint density at radius 1 is 1.08 bits per heavy atom. The van der Waals surface area contributed by atoms with E-state index in [2.05, 4.69) is 23.5 Å². The lowest BCUT2D eigenvalue weighted by Gasteiger charge is -2.38. The molecule has 3 heterocycles. The van der Waals surface area contributed by atoms with Gasteiger partial charge < -0.3 is 15.0 Å². The lowest BCUT2D eigenvalue weighted by atomic mass is 9.87. The largest absolute Gasteiger partial charge is 0.497 e. The Labute approximate surface area is 214 Å². The molecule has 8 heteroatoms. The van der Waals surface area contributed by atoms with Crippen molar-refractivity contribution in [2.24, 2.45) is 0 Å². The number of carbonyl (C=O) groups is 1. The molecule has 0 unspecified atom stereocenters. The number of nitro groups is 1. The molecule has 0 saturated carbocycles. The number of benzene rings is 3. The Kier molecular flexibility index (Phi) is 5.71. The van der Waals surface area contributed by atoms with Crippen molar-refractivity contribution in [1.29, 1.82) is 0 Å². The minimum Gasteiger partial charge on any atom is -0.497 e. The number of nitrogens with one attached hydrogen (secondary N) is 1. The van der Waals surface area contributed by atoms with Crippen LogP contribution in [0.5, 0.6) is 5.75 Å². The third-order valence-electron chi connectivity index (χ3n) is 7.36. The third kappa shape index (κ3) is 4.24. The van der Waals surface area contributed by atoms with Crippen molar-refractivity contribution in [3.63, 3.8) is 0 Å². The minimum absolute atomic E-state index is 0.0599. The van der Waals surface area contributed by atoms with Crippen molar-refractivity contribution in [2.45, 2.75) is 31.3 Å². The van der Waals surface area contributed by atoms with Gasteiger partial charge in [0.05, 0.1) is 35.3 Å². The van der Waals surface area contributed by atoms with Crippen molar-refractivity contribution in [3.8, 4) is 17.0 Å². The number of nitro benzene ring substituents is 1. The summed E-state index contributed by atoms with van der Waals surface area (Å²) >= 11 is 0. The molecule has 1 N–H and O–H groups in total. The highest BCUT2D eigenvalue weighted by molar-refractivity contribution is 5.84. The summed E-state index contributed by atoms with van der Waals surface area (Å²) in [4.78, 5) is 30.6. The first-order valence-corrected chi connectivity index (χ1v) is 12.4. The van der Waals surface area contributed by atoms with Crippen LogP contribution in [0.2, 0.25) is 0 Å². The highest BCUT2D eigenvalue weighted by Gasteiger charge is 2.36. The highest BCUT2D eigenvalue weighted by Crippen LogP contribution is 2.45. The molecule has 0 radical (unpaired) electrons. The van der Waals surface area contributed by atoms with Crippen LogP contribution in [-0.4, -0.2) is 34.4 Å². The molecular weight excluding hydrogens is 468 g/mol. The molecule has 1 fully saturated rings. The number of aromatic nitrogens is 1. The van der Waals surface area contributed by atoms with E-state index in [1.54, 1.807) is 19.2 Å². The number of rotatable bonds is 5. The fourth-order valence-corrected chi connectivity index (χ4v) is 5.49. The number of likely N-dealkylation sites (tertiary alicyclic amines) is 1. The van der Waals surface area contributed by atoms with Gasteiger partial charge in [0.1, 0.15) is 5.75 Å². The van der Waals surface area contributed by atoms with Crippen LogP contribution in [0.15, 0.2) is 72.8 Å². The normalized spacial score (nSPS) is 18.9. The van der Waals surface area contributed by atoms with Crippen LogP contribution >= 0.6 is 0 Å². The van der Waals surface area contributed by atoms with E-state index in [0.717, 1.165) is 57.7 Å². The first kappa shape index (κ1) is 23.0. The van der Waals surface area contributed by atoms with Gasteiger partial charge in [-0.3, -0.25) is 14.9 Å². The number of hydrogen-bond acceptors (Lipinski definition) is 6. The predicted octanol–water partition coefficient (Wildman–Crippen LogP) is 6.04. The summed E-state index contributed by atoms with van der Waals surface area (Å²) in [7, 11) is 1.65. The van der Waals surface area contributed by atoms with Gasteiger partial charge in [-0.15, -0.1) is 0 Å². The van der Waals surface area contributed by atoms with E-state index in [9.17, 15) is 14.9 Å². The molecule has 2 aliphatic rings. The predicted molar refractivity (Wildman–Crippen MR) is 141 cm³/mol. The van der Waals surface area contributed by atoms with Crippen molar-refractivity contribution >= 4 is 28.2 Å². The van der Waals surface area contributed by atoms with E-state index >= 15 is 0 Å². The minimum atomic E-state index is -0.374. The maximum Gasteiger partial charge on any atom is 0.269 e. The molecule has 186 valence electrons. The Morgan fingerprint density at radius 3 is 2.76 bits per heavy atom. The number of nitrogens with zero attached hydrogens (tertiary/aromatic N) is 3. The molecule has 0 aliphatic carbocycles. The van der Waals surface area contributed by atoms with Gasteiger partial charge >= 0.3 is 0 Å². The number of anilines is 1. The number of pyridine rings is 1. The molecule has 4 aromatic rings. The molecule has 37 heavy (non-hydrogen) atoms. The van der Waals surface area contributed by atoms with Crippen LogP contribution in [-0.2, 0) is 4.79 Å². The summed E-state index contributed by atoms with van der Waals surface area (Å²) in [6, 6.07) is 22.5. The lowest BCUT2D eigenvalue weighted by molar-refractivity contribution is -0.384. The Balaban J connectivity index is 1.40. The first-order valence-electron chi connectivity index (χ1n) is 12.4. The Hall–Kier alpha value is -4.46. The molecule has 1 amide bonds. The zero-order valence-corrected chi connectivity index (χ0v) is 20.4. The van der Waals surface area contributed by atoms with E-state index in [1.165, 1.54) is 6.07 Å². The average Bonchev–Trinajstić information content (AvgIpc) is 3.37. The van der Waals surface area contributed by atoms with Crippen LogP contribution in [0, 0.1) is 10.1 Å². The van der Waals surface area contributed by atoms with Crippen LogP contribution < -0.4 is 10.1 Å². The molecule has 1 aromatic heterocycles. The van der Waals surface area contributed by atoms with Crippen molar-refractivity contribution in [1.82, 2.24) is 9.88 Å². The van der Waals surface area contributed by atoms with E-state index < -0.39 is 0 Å². The van der Waals surface area contributed by atoms with Gasteiger partial charge in [0.15, 0.2) is 0 Å². The number of carbonyl (C=O) groups excluding carboxylic acids is 1. The molecular formula is C29H26N4O4. The quantitative estimate of drug-likeness (QED) is 0.268. The van der Waals surface area contributed by atoms with Gasteiger partial charge in [0, 0.05) is 41.7 Å². The van der Waals surface area contributed by atoms with E-state index in [0.29, 0.717) is 12.8 Å². The fourth-order valence-electron chi connectivity index (χ4n) is 5.49. The van der Waals surface area contributed by atoms with E-state index in [1.807, 2.05) is 41.3 Å². The molecule has 0 bridgehead atoms. The third-order valence-corrected chi connectivity index (χ3v) is 7.36. The number of amides is 1. The van der Waals surface area contributed by atoms with Gasteiger partial charge in [-0.05, 0) is 54.3 Å². The SMILES string of the molecule is COc1ccc2nc(-c3ccc4c(c3)N[C@H](c3cccc([N+](=O)[O-])c3)C[C@@H]4N3CCCC3=O)ccc2c1. The molecule has 0 spiro atoms. The fraction of sp³-hybridized carbons (Fsp3) is 0.241. The summed E-state index contributed by atoms with van der Waals surface area (Å²) < 4.78 is 5.32. The molecule has 3 aromatic carbocycles. The van der Waals surface area contributed by atoms with Crippen molar-refractivity contribution in [3.05, 3.63) is 94.0 Å². The Bertz CT molecular complexity index is 1540. The summed E-state index contributed by atoms with van der Waals surface area (Å²) in [5, 5.41) is 16.0. The monoisotopic (exact) mass is 494 g/mol. The maximum atomic E-state index is 12.7. The molecule has 2 atom stereocenters.